The van der Waals surface area contributed by atoms with Crippen molar-refractivity contribution in [3.8, 4) is 5.88 Å². The standard InChI is InChI=1S/C18H18N4O2/c23-18(14-3-4-16-13(10-14)5-8-20-16)22-9-1-2-15(11-22)24-17-6-7-19-12-21-17/h3-8,10,12,15,20H,1-2,9,11H2. The number of ether oxygens (including phenoxy) is 1. The molecule has 2 aromatic heterocycles. The molecule has 0 bridgehead atoms. The fourth-order valence-electron chi connectivity index (χ4n) is 3.11. The minimum Gasteiger partial charge on any atom is -0.472 e. The van der Waals surface area contributed by atoms with Gasteiger partial charge in [0.25, 0.3) is 5.91 Å². The van der Waals surface area contributed by atoms with Crippen molar-refractivity contribution in [3.05, 3.63) is 54.6 Å². The van der Waals surface area contributed by atoms with E-state index in [2.05, 4.69) is 15.0 Å². The van der Waals surface area contributed by atoms with E-state index in [1.54, 1.807) is 12.3 Å². The summed E-state index contributed by atoms with van der Waals surface area (Å²) in [7, 11) is 0. The number of nitrogens with zero attached hydrogens (tertiary/aromatic N) is 3. The molecule has 1 saturated heterocycles. The minimum atomic E-state index is -0.0337. The predicted octanol–water partition coefficient (Wildman–Crippen LogP) is 2.64. The van der Waals surface area contributed by atoms with Crippen molar-refractivity contribution in [2.45, 2.75) is 18.9 Å². The summed E-state index contributed by atoms with van der Waals surface area (Å²) in [4.78, 5) is 25.8. The summed E-state index contributed by atoms with van der Waals surface area (Å²) in [5.41, 5.74) is 1.75. The Morgan fingerprint density at radius 2 is 2.25 bits per heavy atom. The Labute approximate surface area is 139 Å². The van der Waals surface area contributed by atoms with E-state index in [0.29, 0.717) is 18.0 Å². The second-order valence-electron chi connectivity index (χ2n) is 5.96. The Balaban J connectivity index is 1.47. The van der Waals surface area contributed by atoms with Crippen LogP contribution in [0, 0.1) is 0 Å². The third-order valence-corrected chi connectivity index (χ3v) is 4.31. The molecule has 122 valence electrons. The first-order valence-corrected chi connectivity index (χ1v) is 8.09. The molecule has 0 saturated carbocycles. The van der Waals surface area contributed by atoms with Crippen molar-refractivity contribution in [2.75, 3.05) is 13.1 Å². The largest absolute Gasteiger partial charge is 0.472 e. The molecule has 0 spiro atoms. The molecule has 0 radical (unpaired) electrons. The molecule has 1 aromatic carbocycles. The minimum absolute atomic E-state index is 0.0337. The van der Waals surface area contributed by atoms with Crippen molar-refractivity contribution < 1.29 is 9.53 Å². The highest BCUT2D eigenvalue weighted by atomic mass is 16.5. The summed E-state index contributed by atoms with van der Waals surface area (Å²) in [6.45, 7) is 1.33. The molecule has 3 heterocycles. The first-order chi connectivity index (χ1) is 11.8. The number of piperidine rings is 1. The molecule has 1 aliphatic heterocycles. The van der Waals surface area contributed by atoms with E-state index in [0.717, 1.165) is 30.3 Å². The molecule has 6 heteroatoms. The van der Waals surface area contributed by atoms with Crippen LogP contribution in [0.4, 0.5) is 0 Å². The normalized spacial score (nSPS) is 17.8. The lowest BCUT2D eigenvalue weighted by Crippen LogP contribution is -2.44. The van der Waals surface area contributed by atoms with Gasteiger partial charge >= 0.3 is 0 Å². The topological polar surface area (TPSA) is 71.1 Å². The second kappa shape index (κ2) is 6.31. The van der Waals surface area contributed by atoms with Gasteiger partial charge in [0.15, 0.2) is 0 Å². The fourth-order valence-corrected chi connectivity index (χ4v) is 3.11. The quantitative estimate of drug-likeness (QED) is 0.805. The predicted molar refractivity (Wildman–Crippen MR) is 89.9 cm³/mol. The van der Waals surface area contributed by atoms with Crippen molar-refractivity contribution in [1.82, 2.24) is 19.9 Å². The zero-order valence-electron chi connectivity index (χ0n) is 13.2. The lowest BCUT2D eigenvalue weighted by molar-refractivity contribution is 0.0527. The number of amides is 1. The maximum Gasteiger partial charge on any atom is 0.254 e. The molecular formula is C18H18N4O2. The third kappa shape index (κ3) is 2.95. The van der Waals surface area contributed by atoms with Crippen molar-refractivity contribution in [1.29, 1.82) is 0 Å². The van der Waals surface area contributed by atoms with Gasteiger partial charge in [-0.15, -0.1) is 0 Å². The number of carbonyl (C=O) groups is 1. The first-order valence-electron chi connectivity index (χ1n) is 8.09. The molecule has 1 fully saturated rings. The number of benzene rings is 1. The molecule has 1 amide bonds. The van der Waals surface area contributed by atoms with Crippen LogP contribution in [0.3, 0.4) is 0 Å². The second-order valence-corrected chi connectivity index (χ2v) is 5.96. The Morgan fingerprint density at radius 1 is 1.29 bits per heavy atom. The SMILES string of the molecule is O=C(c1ccc2[nH]ccc2c1)N1CCCC(Oc2ccncn2)C1. The molecule has 0 aliphatic carbocycles. The van der Waals surface area contributed by atoms with Gasteiger partial charge in [-0.25, -0.2) is 9.97 Å². The fraction of sp³-hybridized carbons (Fsp3) is 0.278. The van der Waals surface area contributed by atoms with Crippen LogP contribution in [0.2, 0.25) is 0 Å². The zero-order valence-corrected chi connectivity index (χ0v) is 13.2. The van der Waals surface area contributed by atoms with Crippen molar-refractivity contribution >= 4 is 16.8 Å². The lowest BCUT2D eigenvalue weighted by Gasteiger charge is -2.32. The van der Waals surface area contributed by atoms with Crippen LogP contribution in [0.25, 0.3) is 10.9 Å². The highest BCUT2D eigenvalue weighted by Crippen LogP contribution is 2.20. The first kappa shape index (κ1) is 14.7. The number of rotatable bonds is 3. The van der Waals surface area contributed by atoms with E-state index in [9.17, 15) is 4.79 Å². The molecule has 1 unspecified atom stereocenters. The molecule has 6 nitrogen and oxygen atoms in total. The van der Waals surface area contributed by atoms with Gasteiger partial charge in [0.1, 0.15) is 12.4 Å². The average molecular weight is 322 g/mol. The summed E-state index contributed by atoms with van der Waals surface area (Å²) >= 11 is 0. The smallest absolute Gasteiger partial charge is 0.254 e. The summed E-state index contributed by atoms with van der Waals surface area (Å²) in [6.07, 6.45) is 6.81. The average Bonchev–Trinajstić information content (AvgIpc) is 3.10. The molecule has 24 heavy (non-hydrogen) atoms. The molecule has 1 atom stereocenters. The number of likely N-dealkylation sites (tertiary alicyclic amines) is 1. The van der Waals surface area contributed by atoms with E-state index < -0.39 is 0 Å². The van der Waals surface area contributed by atoms with E-state index in [1.807, 2.05) is 35.4 Å². The van der Waals surface area contributed by atoms with E-state index in [-0.39, 0.29) is 12.0 Å². The monoisotopic (exact) mass is 322 g/mol. The number of aromatic nitrogens is 3. The van der Waals surface area contributed by atoms with Crippen LogP contribution >= 0.6 is 0 Å². The van der Waals surface area contributed by atoms with Crippen LogP contribution in [-0.4, -0.2) is 45.0 Å². The van der Waals surface area contributed by atoms with E-state index >= 15 is 0 Å². The maximum absolute atomic E-state index is 12.8. The Bertz CT molecular complexity index is 846. The van der Waals surface area contributed by atoms with E-state index in [4.69, 9.17) is 4.74 Å². The molecule has 3 aromatic rings. The van der Waals surface area contributed by atoms with Gasteiger partial charge in [0.05, 0.1) is 6.54 Å². The highest BCUT2D eigenvalue weighted by Gasteiger charge is 2.26. The van der Waals surface area contributed by atoms with Crippen molar-refractivity contribution in [2.24, 2.45) is 0 Å². The molecule has 1 N–H and O–H groups in total. The number of fused-ring (bicyclic) bond motifs is 1. The van der Waals surface area contributed by atoms with Gasteiger partial charge in [0, 0.05) is 41.5 Å². The Hall–Kier alpha value is -2.89. The van der Waals surface area contributed by atoms with Crippen LogP contribution < -0.4 is 4.74 Å². The number of hydrogen-bond donors (Lipinski definition) is 1. The van der Waals surface area contributed by atoms with Crippen LogP contribution in [0.5, 0.6) is 5.88 Å². The van der Waals surface area contributed by atoms with Gasteiger partial charge in [-0.1, -0.05) is 0 Å². The number of H-pyrrole nitrogens is 1. The Kier molecular flexibility index (Phi) is 3.86. The van der Waals surface area contributed by atoms with Crippen LogP contribution in [0.1, 0.15) is 23.2 Å². The number of nitrogens with one attached hydrogen (secondary N) is 1. The number of aromatic amines is 1. The van der Waals surface area contributed by atoms with Gasteiger partial charge < -0.3 is 14.6 Å². The van der Waals surface area contributed by atoms with E-state index in [1.165, 1.54) is 6.33 Å². The summed E-state index contributed by atoms with van der Waals surface area (Å²) in [5, 5.41) is 1.05. The zero-order chi connectivity index (χ0) is 16.4. The van der Waals surface area contributed by atoms with Gasteiger partial charge in [-0.05, 0) is 37.1 Å². The third-order valence-electron chi connectivity index (χ3n) is 4.31. The van der Waals surface area contributed by atoms with Gasteiger partial charge in [0.2, 0.25) is 5.88 Å². The number of carbonyl (C=O) groups excluding carboxylic acids is 1. The maximum atomic E-state index is 12.8. The molecular weight excluding hydrogens is 304 g/mol. The Morgan fingerprint density at radius 3 is 3.12 bits per heavy atom. The van der Waals surface area contributed by atoms with Crippen LogP contribution in [0.15, 0.2) is 49.1 Å². The summed E-state index contributed by atoms with van der Waals surface area (Å²) in [6, 6.07) is 9.46. The number of hydrogen-bond acceptors (Lipinski definition) is 4. The van der Waals surface area contributed by atoms with Gasteiger partial charge in [-0.3, -0.25) is 4.79 Å². The summed E-state index contributed by atoms with van der Waals surface area (Å²) < 4.78 is 5.88. The molecule has 4 rings (SSSR count). The van der Waals surface area contributed by atoms with Crippen molar-refractivity contribution in [3.63, 3.8) is 0 Å². The van der Waals surface area contributed by atoms with Crippen LogP contribution in [-0.2, 0) is 0 Å². The molecule has 1 aliphatic rings. The summed E-state index contributed by atoms with van der Waals surface area (Å²) in [5.74, 6) is 0.604. The highest BCUT2D eigenvalue weighted by molar-refractivity contribution is 5.98. The van der Waals surface area contributed by atoms with Gasteiger partial charge in [-0.2, -0.15) is 0 Å². The lowest BCUT2D eigenvalue weighted by atomic mass is 10.1.